The quantitative estimate of drug-likeness (QED) is 0.600. The van der Waals surface area contributed by atoms with Gasteiger partial charge in [0, 0.05) is 20.0 Å². The number of hydrogen-bond donors (Lipinski definition) is 3. The molecule has 3 N–H and O–H groups in total. The van der Waals surface area contributed by atoms with Crippen LogP contribution in [0.3, 0.4) is 0 Å². The first kappa shape index (κ1) is 18.7. The van der Waals surface area contributed by atoms with Crippen LogP contribution < -0.4 is 5.32 Å². The summed E-state index contributed by atoms with van der Waals surface area (Å²) >= 11 is 0. The molecule has 0 fully saturated rings. The maximum atomic E-state index is 11.8. The van der Waals surface area contributed by atoms with Gasteiger partial charge in [-0.3, -0.25) is 4.79 Å². The van der Waals surface area contributed by atoms with Gasteiger partial charge in [-0.05, 0) is 31.6 Å². The van der Waals surface area contributed by atoms with E-state index in [4.69, 9.17) is 10.2 Å². The third-order valence-electron chi connectivity index (χ3n) is 3.71. The molecule has 0 radical (unpaired) electrons. The van der Waals surface area contributed by atoms with Crippen molar-refractivity contribution in [1.82, 2.24) is 10.2 Å². The van der Waals surface area contributed by atoms with Crippen molar-refractivity contribution >= 4 is 12.0 Å². The van der Waals surface area contributed by atoms with Gasteiger partial charge >= 0.3 is 12.0 Å². The van der Waals surface area contributed by atoms with Crippen LogP contribution in [-0.4, -0.2) is 53.4 Å². The molecule has 0 aromatic heterocycles. The second kappa shape index (κ2) is 9.58. The molecule has 2 unspecified atom stereocenters. The van der Waals surface area contributed by atoms with Crippen molar-refractivity contribution in [3.63, 3.8) is 0 Å². The van der Waals surface area contributed by atoms with Gasteiger partial charge < -0.3 is 20.4 Å². The van der Waals surface area contributed by atoms with E-state index < -0.39 is 5.97 Å². The Labute approximate surface area is 121 Å². The molecule has 2 amide bonds. The fourth-order valence-corrected chi connectivity index (χ4v) is 1.93. The van der Waals surface area contributed by atoms with Gasteiger partial charge in [0.2, 0.25) is 0 Å². The van der Waals surface area contributed by atoms with Crippen LogP contribution in [0.15, 0.2) is 0 Å². The zero-order chi connectivity index (χ0) is 15.7. The molecule has 0 aliphatic heterocycles. The van der Waals surface area contributed by atoms with Crippen molar-refractivity contribution in [2.24, 2.45) is 11.8 Å². The van der Waals surface area contributed by atoms with Crippen molar-refractivity contribution in [2.45, 2.75) is 46.1 Å². The number of nitrogens with zero attached hydrogens (tertiary/aromatic N) is 1. The number of aliphatic hydroxyl groups excluding tert-OH is 1. The highest BCUT2D eigenvalue weighted by atomic mass is 16.4. The molecule has 0 saturated carbocycles. The molecule has 0 heterocycles. The van der Waals surface area contributed by atoms with Crippen molar-refractivity contribution < 1.29 is 19.8 Å². The molecule has 0 bridgehead atoms. The minimum absolute atomic E-state index is 0.0723. The highest BCUT2D eigenvalue weighted by molar-refractivity contribution is 5.74. The first-order valence-corrected chi connectivity index (χ1v) is 7.12. The first-order chi connectivity index (χ1) is 9.29. The topological polar surface area (TPSA) is 89.9 Å². The lowest BCUT2D eigenvalue weighted by Crippen LogP contribution is -2.44. The van der Waals surface area contributed by atoms with Gasteiger partial charge in [0.05, 0.1) is 12.6 Å². The zero-order valence-corrected chi connectivity index (χ0v) is 12.9. The number of carboxylic acid groups (broad SMARTS) is 1. The van der Waals surface area contributed by atoms with Gasteiger partial charge in [-0.25, -0.2) is 4.79 Å². The summed E-state index contributed by atoms with van der Waals surface area (Å²) in [6, 6.07) is -0.435. The Morgan fingerprint density at radius 2 is 1.80 bits per heavy atom. The number of carboxylic acids is 1. The molecule has 0 aliphatic rings. The normalized spacial score (nSPS) is 13.9. The summed E-state index contributed by atoms with van der Waals surface area (Å²) in [6.07, 6.45) is 1.56. The van der Waals surface area contributed by atoms with E-state index in [1.54, 1.807) is 14.0 Å². The van der Waals surface area contributed by atoms with Crippen molar-refractivity contribution in [3.8, 4) is 0 Å². The Kier molecular flexibility index (Phi) is 8.96. The number of aliphatic hydroxyl groups is 1. The van der Waals surface area contributed by atoms with Gasteiger partial charge in [-0.2, -0.15) is 0 Å². The van der Waals surface area contributed by atoms with Crippen LogP contribution in [0.25, 0.3) is 0 Å². The molecule has 6 nitrogen and oxygen atoms in total. The lowest BCUT2D eigenvalue weighted by Gasteiger charge is -2.25. The molecule has 20 heavy (non-hydrogen) atoms. The summed E-state index contributed by atoms with van der Waals surface area (Å²) in [7, 11) is 1.64. The van der Waals surface area contributed by atoms with Crippen LogP contribution in [0.5, 0.6) is 0 Å². The van der Waals surface area contributed by atoms with Crippen LogP contribution in [0, 0.1) is 11.8 Å². The summed E-state index contributed by atoms with van der Waals surface area (Å²) < 4.78 is 0. The fraction of sp³-hybridized carbons (Fsp3) is 0.857. The van der Waals surface area contributed by atoms with Crippen molar-refractivity contribution in [1.29, 1.82) is 0 Å². The summed E-state index contributed by atoms with van der Waals surface area (Å²) in [5.41, 5.74) is 0. The zero-order valence-electron chi connectivity index (χ0n) is 12.9. The molecule has 118 valence electrons. The molecule has 0 spiro atoms. The molecule has 0 aromatic carbocycles. The number of carbonyl (C=O) groups is 2. The highest BCUT2D eigenvalue weighted by Gasteiger charge is 2.17. The average molecular weight is 288 g/mol. The van der Waals surface area contributed by atoms with Crippen LogP contribution in [0.1, 0.15) is 40.0 Å². The minimum atomic E-state index is -0.781. The maximum absolute atomic E-state index is 11.8. The summed E-state index contributed by atoms with van der Waals surface area (Å²) in [6.45, 7) is 6.34. The number of urea groups is 1. The maximum Gasteiger partial charge on any atom is 0.317 e. The highest BCUT2D eigenvalue weighted by Crippen LogP contribution is 2.20. The fourth-order valence-electron chi connectivity index (χ4n) is 1.93. The predicted molar refractivity (Wildman–Crippen MR) is 77.5 cm³/mol. The molecule has 0 rings (SSSR count). The van der Waals surface area contributed by atoms with E-state index in [0.717, 1.165) is 6.42 Å². The Morgan fingerprint density at radius 1 is 1.20 bits per heavy atom. The van der Waals surface area contributed by atoms with Gasteiger partial charge in [0.15, 0.2) is 0 Å². The SMILES string of the molecule is CC(C)C(CCNC(=O)N(C)C(C)CO)CCC(=O)O. The van der Waals surface area contributed by atoms with Gasteiger partial charge in [0.1, 0.15) is 0 Å². The Morgan fingerprint density at radius 3 is 2.25 bits per heavy atom. The molecule has 0 aromatic rings. The molecule has 0 aliphatic carbocycles. The minimum Gasteiger partial charge on any atom is -0.481 e. The van der Waals surface area contributed by atoms with Crippen LogP contribution in [0.2, 0.25) is 0 Å². The molecule has 0 saturated heterocycles. The second-order valence-electron chi connectivity index (χ2n) is 5.60. The number of hydrogen-bond acceptors (Lipinski definition) is 3. The Bertz CT molecular complexity index is 308. The molecule has 6 heteroatoms. The number of carbonyl (C=O) groups excluding carboxylic acids is 1. The molecule has 2 atom stereocenters. The van der Waals surface area contributed by atoms with Crippen LogP contribution in [-0.2, 0) is 4.79 Å². The number of aliphatic carboxylic acids is 1. The lowest BCUT2D eigenvalue weighted by atomic mass is 9.88. The van der Waals surface area contributed by atoms with E-state index >= 15 is 0 Å². The third kappa shape index (κ3) is 7.33. The molecular weight excluding hydrogens is 260 g/mol. The van der Waals surface area contributed by atoms with E-state index in [1.807, 2.05) is 0 Å². The van der Waals surface area contributed by atoms with E-state index in [9.17, 15) is 9.59 Å². The Hall–Kier alpha value is -1.30. The number of likely N-dealkylation sites (N-methyl/N-ethyl adjacent to an activating group) is 1. The summed E-state index contributed by atoms with van der Waals surface area (Å²) in [4.78, 5) is 23.8. The van der Waals surface area contributed by atoms with E-state index in [2.05, 4.69) is 19.2 Å². The monoisotopic (exact) mass is 288 g/mol. The number of amides is 2. The predicted octanol–water partition coefficient (Wildman–Crippen LogP) is 1.54. The average Bonchev–Trinajstić information content (AvgIpc) is 2.39. The largest absolute Gasteiger partial charge is 0.481 e. The summed E-state index contributed by atoms with van der Waals surface area (Å²) in [5, 5.41) is 20.5. The smallest absolute Gasteiger partial charge is 0.317 e. The van der Waals surface area contributed by atoms with Crippen LogP contribution in [0.4, 0.5) is 4.79 Å². The van der Waals surface area contributed by atoms with E-state index in [0.29, 0.717) is 18.9 Å². The summed E-state index contributed by atoms with van der Waals surface area (Å²) in [5.74, 6) is -0.108. The Balaban J connectivity index is 4.10. The number of nitrogens with one attached hydrogen (secondary N) is 1. The molecular formula is C14H28N2O4. The lowest BCUT2D eigenvalue weighted by molar-refractivity contribution is -0.137. The van der Waals surface area contributed by atoms with Gasteiger partial charge in [-0.15, -0.1) is 0 Å². The van der Waals surface area contributed by atoms with Gasteiger partial charge in [0.25, 0.3) is 0 Å². The third-order valence-corrected chi connectivity index (χ3v) is 3.71. The standard InChI is InChI=1S/C14H28N2O4/c1-10(2)12(5-6-13(18)19)7-8-15-14(20)16(4)11(3)9-17/h10-12,17H,5-9H2,1-4H3,(H,15,20)(H,18,19). The van der Waals surface area contributed by atoms with Crippen molar-refractivity contribution in [2.75, 3.05) is 20.2 Å². The first-order valence-electron chi connectivity index (χ1n) is 7.12. The van der Waals surface area contributed by atoms with E-state index in [-0.39, 0.29) is 31.0 Å². The van der Waals surface area contributed by atoms with Gasteiger partial charge in [-0.1, -0.05) is 13.8 Å². The second-order valence-corrected chi connectivity index (χ2v) is 5.60. The number of rotatable bonds is 9. The van der Waals surface area contributed by atoms with E-state index in [1.165, 1.54) is 4.90 Å². The van der Waals surface area contributed by atoms with Crippen LogP contribution >= 0.6 is 0 Å². The van der Waals surface area contributed by atoms with Crippen molar-refractivity contribution in [3.05, 3.63) is 0 Å².